The fourth-order valence-electron chi connectivity index (χ4n) is 5.35. The van der Waals surface area contributed by atoms with Crippen LogP contribution in [0.2, 0.25) is 0 Å². The summed E-state index contributed by atoms with van der Waals surface area (Å²) in [6, 6.07) is 13.0. The summed E-state index contributed by atoms with van der Waals surface area (Å²) in [5, 5.41) is 2.14. The van der Waals surface area contributed by atoms with Gasteiger partial charge >= 0.3 is 6.09 Å². The van der Waals surface area contributed by atoms with E-state index >= 15 is 0 Å². The van der Waals surface area contributed by atoms with Gasteiger partial charge in [-0.25, -0.2) is 9.78 Å². The maximum absolute atomic E-state index is 12.5. The van der Waals surface area contributed by atoms with Gasteiger partial charge in [0.25, 0.3) is 0 Å². The average Bonchev–Trinajstić information content (AvgIpc) is 3.56. The van der Waals surface area contributed by atoms with Gasteiger partial charge < -0.3 is 23.5 Å². The predicted molar refractivity (Wildman–Crippen MR) is 162 cm³/mol. The van der Waals surface area contributed by atoms with Crippen molar-refractivity contribution < 1.29 is 14.3 Å². The SMILES string of the molecule is CCc1cn(CCCc2ccc(OC3CCCN(C(=O)OC(C)(C)C)CC3)cc2)c(-c2cc3sccc3n2C)n1. The number of benzene rings is 1. The zero-order chi connectivity index (χ0) is 28.3. The zero-order valence-corrected chi connectivity index (χ0v) is 25.3. The molecular formula is C32H42N4O3S. The van der Waals surface area contributed by atoms with E-state index in [2.05, 4.69) is 71.1 Å². The molecule has 1 fully saturated rings. The Hall–Kier alpha value is -3.26. The number of carbonyl (C=O) groups is 1. The highest BCUT2D eigenvalue weighted by Crippen LogP contribution is 2.30. The molecule has 5 rings (SSSR count). The highest BCUT2D eigenvalue weighted by atomic mass is 32.1. The van der Waals surface area contributed by atoms with Crippen LogP contribution in [0, 0.1) is 0 Å². The highest BCUT2D eigenvalue weighted by molar-refractivity contribution is 7.17. The molecule has 7 nitrogen and oxygen atoms in total. The third kappa shape index (κ3) is 6.72. The topological polar surface area (TPSA) is 61.5 Å². The summed E-state index contributed by atoms with van der Waals surface area (Å²) in [6.07, 6.45) is 7.72. The van der Waals surface area contributed by atoms with Crippen molar-refractivity contribution in [2.24, 2.45) is 7.05 Å². The van der Waals surface area contributed by atoms with Crippen LogP contribution in [0.5, 0.6) is 5.75 Å². The van der Waals surface area contributed by atoms with Crippen LogP contribution in [0.25, 0.3) is 21.7 Å². The number of fused-ring (bicyclic) bond motifs is 1. The summed E-state index contributed by atoms with van der Waals surface area (Å²) in [6.45, 7) is 10.2. The van der Waals surface area contributed by atoms with Gasteiger partial charge in [0, 0.05) is 39.3 Å². The van der Waals surface area contributed by atoms with Crippen molar-refractivity contribution in [1.29, 1.82) is 0 Å². The lowest BCUT2D eigenvalue weighted by molar-refractivity contribution is 0.0252. The van der Waals surface area contributed by atoms with Gasteiger partial charge in [-0.1, -0.05) is 19.1 Å². The van der Waals surface area contributed by atoms with Crippen LogP contribution in [0.1, 0.15) is 64.6 Å². The van der Waals surface area contributed by atoms with Gasteiger partial charge in [-0.05, 0) is 88.1 Å². The van der Waals surface area contributed by atoms with Gasteiger partial charge in [0.1, 0.15) is 17.5 Å². The summed E-state index contributed by atoms with van der Waals surface area (Å²) >= 11 is 1.78. The molecule has 4 aromatic rings. The summed E-state index contributed by atoms with van der Waals surface area (Å²) < 4.78 is 17.7. The number of likely N-dealkylation sites (tertiary alicyclic amines) is 1. The minimum atomic E-state index is -0.473. The normalized spacial score (nSPS) is 16.3. The third-order valence-corrected chi connectivity index (χ3v) is 8.35. The summed E-state index contributed by atoms with van der Waals surface area (Å²) in [5.74, 6) is 1.95. The molecule has 1 aliphatic rings. The molecule has 0 saturated carbocycles. The Labute approximate surface area is 241 Å². The van der Waals surface area contributed by atoms with Crippen LogP contribution in [0.3, 0.4) is 0 Å². The van der Waals surface area contributed by atoms with Gasteiger partial charge in [-0.15, -0.1) is 11.3 Å². The zero-order valence-electron chi connectivity index (χ0n) is 24.5. The second-order valence-electron chi connectivity index (χ2n) is 11.7. The highest BCUT2D eigenvalue weighted by Gasteiger charge is 2.26. The standard InChI is InChI=1S/C32H42N4O3S/c1-6-24-22-36(30(33-24)28-21-29-27(34(28)5)16-20-40-29)18-7-9-23-11-13-26(14-12-23)38-25-10-8-17-35(19-15-25)31(37)39-32(2,3)4/h11-14,16,20-22,25H,6-10,15,17-19H2,1-5H3. The molecule has 1 atom stereocenters. The van der Waals surface area contributed by atoms with E-state index in [9.17, 15) is 4.79 Å². The van der Waals surface area contributed by atoms with Crippen molar-refractivity contribution in [2.75, 3.05) is 13.1 Å². The second-order valence-corrected chi connectivity index (χ2v) is 12.7. The number of aryl methyl sites for hydroxylation is 4. The van der Waals surface area contributed by atoms with E-state index in [1.54, 1.807) is 11.3 Å². The molecule has 0 bridgehead atoms. The maximum atomic E-state index is 12.5. The molecule has 1 saturated heterocycles. The first kappa shape index (κ1) is 28.3. The summed E-state index contributed by atoms with van der Waals surface area (Å²) in [4.78, 5) is 19.2. The average molecular weight is 563 g/mol. The van der Waals surface area contributed by atoms with Crippen molar-refractivity contribution in [1.82, 2.24) is 19.0 Å². The number of ether oxygens (including phenoxy) is 2. The first-order valence-corrected chi connectivity index (χ1v) is 15.4. The van der Waals surface area contributed by atoms with Crippen molar-refractivity contribution in [3.63, 3.8) is 0 Å². The quantitative estimate of drug-likeness (QED) is 0.224. The smallest absolute Gasteiger partial charge is 0.410 e. The minimum absolute atomic E-state index is 0.110. The number of amides is 1. The van der Waals surface area contributed by atoms with Crippen molar-refractivity contribution in [2.45, 2.75) is 84.5 Å². The lowest BCUT2D eigenvalue weighted by atomic mass is 10.1. The van der Waals surface area contributed by atoms with E-state index in [1.165, 1.54) is 21.5 Å². The van der Waals surface area contributed by atoms with E-state index in [0.29, 0.717) is 13.1 Å². The molecule has 0 spiro atoms. The van der Waals surface area contributed by atoms with Crippen LogP contribution in [-0.2, 0) is 31.2 Å². The molecule has 8 heteroatoms. The van der Waals surface area contributed by atoms with Crippen LogP contribution in [0.15, 0.2) is 48.0 Å². The number of thiophene rings is 1. The van der Waals surface area contributed by atoms with Gasteiger partial charge in [0.2, 0.25) is 0 Å². The molecule has 4 heterocycles. The third-order valence-electron chi connectivity index (χ3n) is 7.50. The number of nitrogens with zero attached hydrogens (tertiary/aromatic N) is 4. The van der Waals surface area contributed by atoms with E-state index in [1.807, 2.05) is 25.7 Å². The lowest BCUT2D eigenvalue weighted by Crippen LogP contribution is -2.37. The molecule has 1 aromatic carbocycles. The number of carbonyl (C=O) groups excluding carboxylic acids is 1. The van der Waals surface area contributed by atoms with Crippen molar-refractivity contribution in [3.05, 3.63) is 59.2 Å². The van der Waals surface area contributed by atoms with Crippen molar-refractivity contribution in [3.8, 4) is 17.3 Å². The number of rotatable bonds is 8. The monoisotopic (exact) mass is 562 g/mol. The Balaban J connectivity index is 1.14. The predicted octanol–water partition coefficient (Wildman–Crippen LogP) is 7.47. The molecule has 1 unspecified atom stereocenters. The molecule has 1 aliphatic heterocycles. The van der Waals surface area contributed by atoms with Crippen molar-refractivity contribution >= 4 is 27.6 Å². The molecule has 0 radical (unpaired) electrons. The van der Waals surface area contributed by atoms with E-state index in [4.69, 9.17) is 14.5 Å². The van der Waals surface area contributed by atoms with Gasteiger partial charge in [-0.2, -0.15) is 0 Å². The number of imidazole rings is 1. The van der Waals surface area contributed by atoms with Crippen LogP contribution in [0.4, 0.5) is 4.79 Å². The molecule has 0 aliphatic carbocycles. The Kier molecular flexibility index (Phi) is 8.54. The fraction of sp³-hybridized carbons (Fsp3) is 0.500. The molecule has 3 aromatic heterocycles. The van der Waals surface area contributed by atoms with Gasteiger partial charge in [-0.3, -0.25) is 0 Å². The largest absolute Gasteiger partial charge is 0.490 e. The Morgan fingerprint density at radius 1 is 1.12 bits per heavy atom. The molecule has 214 valence electrons. The van der Waals surface area contributed by atoms with Gasteiger partial charge in [0.05, 0.1) is 21.6 Å². The molecule has 1 amide bonds. The first-order chi connectivity index (χ1) is 19.2. The number of hydrogen-bond donors (Lipinski definition) is 0. The summed E-state index contributed by atoms with van der Waals surface area (Å²) in [5.41, 5.74) is 4.41. The molecule has 0 N–H and O–H groups in total. The Morgan fingerprint density at radius 3 is 2.65 bits per heavy atom. The minimum Gasteiger partial charge on any atom is -0.490 e. The molecule has 40 heavy (non-hydrogen) atoms. The fourth-order valence-corrected chi connectivity index (χ4v) is 6.20. The Morgan fingerprint density at radius 2 is 1.93 bits per heavy atom. The number of aromatic nitrogens is 3. The van der Waals surface area contributed by atoms with Crippen LogP contribution < -0.4 is 4.74 Å². The van der Waals surface area contributed by atoms with Crippen LogP contribution in [-0.4, -0.2) is 49.9 Å². The van der Waals surface area contributed by atoms with E-state index in [0.717, 1.165) is 62.3 Å². The van der Waals surface area contributed by atoms with Gasteiger partial charge in [0.15, 0.2) is 5.82 Å². The Bertz CT molecular complexity index is 1430. The van der Waals surface area contributed by atoms with E-state index in [-0.39, 0.29) is 12.2 Å². The molecular weight excluding hydrogens is 520 g/mol. The second kappa shape index (κ2) is 12.1. The van der Waals surface area contributed by atoms with Crippen LogP contribution >= 0.6 is 11.3 Å². The maximum Gasteiger partial charge on any atom is 0.410 e. The number of hydrogen-bond acceptors (Lipinski definition) is 5. The lowest BCUT2D eigenvalue weighted by Gasteiger charge is -2.26. The summed E-state index contributed by atoms with van der Waals surface area (Å²) in [7, 11) is 2.13. The van der Waals surface area contributed by atoms with E-state index < -0.39 is 5.60 Å². The first-order valence-electron chi connectivity index (χ1n) is 14.5.